The Morgan fingerprint density at radius 2 is 2.05 bits per heavy atom. The highest BCUT2D eigenvalue weighted by Gasteiger charge is 2.17. The third-order valence-electron chi connectivity index (χ3n) is 3.32. The van der Waals surface area contributed by atoms with Crippen LogP contribution < -0.4 is 5.32 Å². The first-order valence-electron chi connectivity index (χ1n) is 6.74. The summed E-state index contributed by atoms with van der Waals surface area (Å²) in [6, 6.07) is 9.74. The Labute approximate surface area is 131 Å². The standard InChI is InChI=1S/C15H14N4O2S/c1-9-14(22-19-17-9)15(20)16-8-12-10(2)21-18-13(12)11-6-4-3-5-7-11/h3-7H,8H2,1-2H3,(H,16,20). The lowest BCUT2D eigenvalue weighted by molar-refractivity contribution is 0.0954. The van der Waals surface area contributed by atoms with Crippen LogP contribution in [0.15, 0.2) is 34.9 Å². The molecule has 3 rings (SSSR count). The fraction of sp³-hybridized carbons (Fsp3) is 0.200. The molecule has 1 amide bonds. The highest BCUT2D eigenvalue weighted by Crippen LogP contribution is 2.25. The quantitative estimate of drug-likeness (QED) is 0.801. The van der Waals surface area contributed by atoms with Gasteiger partial charge in [0.1, 0.15) is 16.3 Å². The van der Waals surface area contributed by atoms with Gasteiger partial charge in [0, 0.05) is 17.7 Å². The van der Waals surface area contributed by atoms with Crippen LogP contribution in [-0.2, 0) is 6.54 Å². The predicted octanol–water partition coefficient (Wildman–Crippen LogP) is 2.74. The molecule has 2 aromatic heterocycles. The van der Waals surface area contributed by atoms with Gasteiger partial charge in [-0.15, -0.1) is 5.10 Å². The Bertz CT molecular complexity index is 795. The van der Waals surface area contributed by atoms with Gasteiger partial charge in [0.2, 0.25) is 0 Å². The third kappa shape index (κ3) is 2.75. The van der Waals surface area contributed by atoms with Gasteiger partial charge in [0.05, 0.1) is 5.69 Å². The number of hydrogen-bond donors (Lipinski definition) is 1. The minimum Gasteiger partial charge on any atom is -0.361 e. The zero-order valence-electron chi connectivity index (χ0n) is 12.2. The van der Waals surface area contributed by atoms with E-state index < -0.39 is 0 Å². The summed E-state index contributed by atoms with van der Waals surface area (Å²) in [5.74, 6) is 0.505. The smallest absolute Gasteiger partial charge is 0.265 e. The number of nitrogens with one attached hydrogen (secondary N) is 1. The molecule has 1 N–H and O–H groups in total. The topological polar surface area (TPSA) is 80.9 Å². The molecule has 0 aliphatic heterocycles. The van der Waals surface area contributed by atoms with Gasteiger partial charge in [0.15, 0.2) is 0 Å². The van der Waals surface area contributed by atoms with Gasteiger partial charge >= 0.3 is 0 Å². The Hall–Kier alpha value is -2.54. The van der Waals surface area contributed by atoms with Crippen molar-refractivity contribution in [2.45, 2.75) is 20.4 Å². The maximum atomic E-state index is 12.1. The lowest BCUT2D eigenvalue weighted by atomic mass is 10.1. The van der Waals surface area contributed by atoms with E-state index in [0.29, 0.717) is 22.9 Å². The van der Waals surface area contributed by atoms with E-state index in [9.17, 15) is 4.79 Å². The van der Waals surface area contributed by atoms with Gasteiger partial charge in [-0.1, -0.05) is 40.0 Å². The third-order valence-corrected chi connectivity index (χ3v) is 4.14. The molecule has 1 aromatic carbocycles. The number of carbonyl (C=O) groups excluding carboxylic acids is 1. The van der Waals surface area contributed by atoms with E-state index in [4.69, 9.17) is 4.52 Å². The first-order valence-corrected chi connectivity index (χ1v) is 7.52. The molecule has 112 valence electrons. The molecular formula is C15H14N4O2S. The van der Waals surface area contributed by atoms with Crippen LogP contribution in [0.25, 0.3) is 11.3 Å². The van der Waals surface area contributed by atoms with Gasteiger partial charge in [-0.2, -0.15) is 0 Å². The molecule has 0 saturated carbocycles. The van der Waals surface area contributed by atoms with Crippen molar-refractivity contribution in [3.05, 3.63) is 52.2 Å². The van der Waals surface area contributed by atoms with E-state index in [1.54, 1.807) is 6.92 Å². The van der Waals surface area contributed by atoms with Crippen molar-refractivity contribution in [2.75, 3.05) is 0 Å². The largest absolute Gasteiger partial charge is 0.361 e. The summed E-state index contributed by atoms with van der Waals surface area (Å²) < 4.78 is 9.04. The van der Waals surface area contributed by atoms with Crippen molar-refractivity contribution < 1.29 is 9.32 Å². The SMILES string of the molecule is Cc1nnsc1C(=O)NCc1c(-c2ccccc2)noc1C. The van der Waals surface area contributed by atoms with Gasteiger partial charge in [0.25, 0.3) is 5.91 Å². The van der Waals surface area contributed by atoms with Crippen molar-refractivity contribution in [3.8, 4) is 11.3 Å². The van der Waals surface area contributed by atoms with Crippen LogP contribution in [0.2, 0.25) is 0 Å². The van der Waals surface area contributed by atoms with Gasteiger partial charge < -0.3 is 9.84 Å². The number of aromatic nitrogens is 3. The molecule has 0 spiro atoms. The summed E-state index contributed by atoms with van der Waals surface area (Å²) >= 11 is 1.09. The summed E-state index contributed by atoms with van der Waals surface area (Å²) in [7, 11) is 0. The van der Waals surface area contributed by atoms with Gasteiger partial charge in [-0.25, -0.2) is 0 Å². The fourth-order valence-electron chi connectivity index (χ4n) is 2.11. The van der Waals surface area contributed by atoms with Crippen LogP contribution in [-0.4, -0.2) is 20.7 Å². The van der Waals surface area contributed by atoms with Crippen molar-refractivity contribution in [1.29, 1.82) is 0 Å². The van der Waals surface area contributed by atoms with Crippen LogP contribution in [0.5, 0.6) is 0 Å². The van der Waals surface area contributed by atoms with E-state index >= 15 is 0 Å². The number of hydrogen-bond acceptors (Lipinski definition) is 6. The summed E-state index contributed by atoms with van der Waals surface area (Å²) in [5, 5.41) is 10.8. The number of nitrogens with zero attached hydrogens (tertiary/aromatic N) is 3. The highest BCUT2D eigenvalue weighted by molar-refractivity contribution is 7.07. The molecule has 0 bridgehead atoms. The molecule has 0 atom stereocenters. The number of aryl methyl sites for hydroxylation is 2. The maximum absolute atomic E-state index is 12.1. The molecule has 0 unspecified atom stereocenters. The second kappa shape index (κ2) is 6.07. The van der Waals surface area contributed by atoms with Crippen molar-refractivity contribution in [2.24, 2.45) is 0 Å². The van der Waals surface area contributed by atoms with Crippen LogP contribution in [0.3, 0.4) is 0 Å². The van der Waals surface area contributed by atoms with Gasteiger partial charge in [-0.05, 0) is 25.4 Å². The fourth-order valence-corrected chi connectivity index (χ4v) is 2.68. The van der Waals surface area contributed by atoms with Crippen LogP contribution in [0.4, 0.5) is 0 Å². The monoisotopic (exact) mass is 314 g/mol. The second-order valence-electron chi connectivity index (χ2n) is 4.80. The lowest BCUT2D eigenvalue weighted by Crippen LogP contribution is -2.23. The number of rotatable bonds is 4. The Balaban J connectivity index is 1.80. The minimum atomic E-state index is -0.188. The number of amides is 1. The summed E-state index contributed by atoms with van der Waals surface area (Å²) in [6.45, 7) is 3.94. The Kier molecular flexibility index (Phi) is 3.97. The van der Waals surface area contributed by atoms with Crippen LogP contribution in [0.1, 0.15) is 26.7 Å². The Morgan fingerprint density at radius 3 is 2.73 bits per heavy atom. The van der Waals surface area contributed by atoms with E-state index in [1.165, 1.54) is 0 Å². The zero-order chi connectivity index (χ0) is 15.5. The molecule has 2 heterocycles. The first kappa shape index (κ1) is 14.4. The molecule has 0 aliphatic carbocycles. The summed E-state index contributed by atoms with van der Waals surface area (Å²) in [6.07, 6.45) is 0. The number of benzene rings is 1. The van der Waals surface area contributed by atoms with Crippen LogP contribution >= 0.6 is 11.5 Å². The Morgan fingerprint density at radius 1 is 1.27 bits per heavy atom. The minimum absolute atomic E-state index is 0.188. The van der Waals surface area contributed by atoms with E-state index in [0.717, 1.165) is 28.4 Å². The molecule has 22 heavy (non-hydrogen) atoms. The predicted molar refractivity (Wildman–Crippen MR) is 82.5 cm³/mol. The van der Waals surface area contributed by atoms with Crippen molar-refractivity contribution in [1.82, 2.24) is 20.1 Å². The molecule has 0 fully saturated rings. The maximum Gasteiger partial charge on any atom is 0.265 e. The highest BCUT2D eigenvalue weighted by atomic mass is 32.1. The molecule has 0 saturated heterocycles. The average molecular weight is 314 g/mol. The van der Waals surface area contributed by atoms with E-state index in [-0.39, 0.29) is 5.91 Å². The average Bonchev–Trinajstić information content (AvgIpc) is 3.12. The molecule has 3 aromatic rings. The first-order chi connectivity index (χ1) is 10.7. The van der Waals surface area contributed by atoms with E-state index in [2.05, 4.69) is 20.1 Å². The zero-order valence-corrected chi connectivity index (χ0v) is 13.0. The molecule has 7 heteroatoms. The molecular weight excluding hydrogens is 300 g/mol. The second-order valence-corrected chi connectivity index (χ2v) is 5.56. The van der Waals surface area contributed by atoms with Gasteiger partial charge in [-0.3, -0.25) is 4.79 Å². The molecule has 6 nitrogen and oxygen atoms in total. The number of carbonyl (C=O) groups is 1. The summed E-state index contributed by atoms with van der Waals surface area (Å²) in [5.41, 5.74) is 3.21. The van der Waals surface area contributed by atoms with Crippen molar-refractivity contribution in [3.63, 3.8) is 0 Å². The molecule has 0 aliphatic rings. The normalized spacial score (nSPS) is 10.6. The van der Waals surface area contributed by atoms with E-state index in [1.807, 2.05) is 37.3 Å². The van der Waals surface area contributed by atoms with Crippen LogP contribution in [0, 0.1) is 13.8 Å². The summed E-state index contributed by atoms with van der Waals surface area (Å²) in [4.78, 5) is 12.7. The molecule has 0 radical (unpaired) electrons. The lowest BCUT2D eigenvalue weighted by Gasteiger charge is -2.05. The van der Waals surface area contributed by atoms with Crippen molar-refractivity contribution >= 4 is 17.4 Å².